The topological polar surface area (TPSA) is 0 Å². The first-order valence-corrected chi connectivity index (χ1v) is 15.9. The summed E-state index contributed by atoms with van der Waals surface area (Å²) in [6.07, 6.45) is 0. The third kappa shape index (κ3) is 3.99. The van der Waals surface area contributed by atoms with Crippen LogP contribution >= 0.6 is 0 Å². The SMILES string of the molecule is CC1(C)c2ccccc2-c2ccc(-c3ccc4ccc(-c5ccccc5-c5cc6ccccc6c6ccccc56)cc4c3)cc21. The summed E-state index contributed by atoms with van der Waals surface area (Å²) in [7, 11) is 0. The Morgan fingerprint density at radius 1 is 0.311 bits per heavy atom. The molecule has 9 rings (SSSR count). The van der Waals surface area contributed by atoms with Crippen molar-refractivity contribution in [2.75, 3.05) is 0 Å². The lowest BCUT2D eigenvalue weighted by atomic mass is 9.81. The molecule has 0 heterocycles. The second-order valence-corrected chi connectivity index (χ2v) is 12.9. The Balaban J connectivity index is 1.17. The molecule has 0 nitrogen and oxygen atoms in total. The molecule has 0 N–H and O–H groups in total. The predicted octanol–water partition coefficient (Wildman–Crippen LogP) is 12.5. The van der Waals surface area contributed by atoms with Gasteiger partial charge in [0.05, 0.1) is 0 Å². The van der Waals surface area contributed by atoms with Gasteiger partial charge in [0, 0.05) is 5.41 Å². The van der Waals surface area contributed by atoms with Gasteiger partial charge in [-0.15, -0.1) is 0 Å². The highest BCUT2D eigenvalue weighted by Crippen LogP contribution is 2.49. The van der Waals surface area contributed by atoms with Crippen molar-refractivity contribution in [2.24, 2.45) is 0 Å². The first kappa shape index (κ1) is 26.0. The van der Waals surface area contributed by atoms with Crippen LogP contribution in [0.2, 0.25) is 0 Å². The molecule has 1 aliphatic rings. The Kier molecular flexibility index (Phi) is 5.64. The fourth-order valence-electron chi connectivity index (χ4n) is 7.72. The molecular formula is C45H32. The second kappa shape index (κ2) is 9.78. The van der Waals surface area contributed by atoms with Gasteiger partial charge in [0.15, 0.2) is 0 Å². The molecule has 0 saturated carbocycles. The average Bonchev–Trinajstić information content (AvgIpc) is 3.33. The molecule has 0 aliphatic heterocycles. The number of fused-ring (bicyclic) bond motifs is 7. The Labute approximate surface area is 264 Å². The summed E-state index contributed by atoms with van der Waals surface area (Å²) >= 11 is 0. The first-order chi connectivity index (χ1) is 22.1. The fraction of sp³-hybridized carbons (Fsp3) is 0.0667. The third-order valence-corrected chi connectivity index (χ3v) is 10.1. The van der Waals surface area contributed by atoms with E-state index < -0.39 is 0 Å². The van der Waals surface area contributed by atoms with Gasteiger partial charge in [0.2, 0.25) is 0 Å². The zero-order valence-electron chi connectivity index (χ0n) is 25.5. The predicted molar refractivity (Wildman–Crippen MR) is 193 cm³/mol. The zero-order valence-corrected chi connectivity index (χ0v) is 25.5. The second-order valence-electron chi connectivity index (χ2n) is 12.9. The molecule has 8 aromatic rings. The highest BCUT2D eigenvalue weighted by atomic mass is 14.4. The maximum atomic E-state index is 2.42. The van der Waals surface area contributed by atoms with Crippen molar-refractivity contribution in [3.63, 3.8) is 0 Å². The highest BCUT2D eigenvalue weighted by Gasteiger charge is 2.35. The zero-order chi connectivity index (χ0) is 30.1. The van der Waals surface area contributed by atoms with Crippen LogP contribution in [0.1, 0.15) is 25.0 Å². The van der Waals surface area contributed by atoms with E-state index in [1.807, 2.05) is 0 Å². The third-order valence-electron chi connectivity index (χ3n) is 10.1. The van der Waals surface area contributed by atoms with E-state index in [2.05, 4.69) is 172 Å². The van der Waals surface area contributed by atoms with E-state index in [0.29, 0.717) is 0 Å². The van der Waals surface area contributed by atoms with E-state index in [9.17, 15) is 0 Å². The molecule has 1 aliphatic carbocycles. The summed E-state index contributed by atoms with van der Waals surface area (Å²) in [4.78, 5) is 0. The van der Waals surface area contributed by atoms with E-state index in [4.69, 9.17) is 0 Å². The van der Waals surface area contributed by atoms with Crippen molar-refractivity contribution in [3.8, 4) is 44.5 Å². The quantitative estimate of drug-likeness (QED) is 0.185. The molecule has 0 saturated heterocycles. The molecular weight excluding hydrogens is 540 g/mol. The van der Waals surface area contributed by atoms with Crippen LogP contribution in [-0.2, 0) is 5.41 Å². The molecule has 45 heavy (non-hydrogen) atoms. The van der Waals surface area contributed by atoms with Crippen molar-refractivity contribution < 1.29 is 0 Å². The molecule has 0 aromatic heterocycles. The van der Waals surface area contributed by atoms with Gasteiger partial charge >= 0.3 is 0 Å². The van der Waals surface area contributed by atoms with E-state index in [1.54, 1.807) is 0 Å². The van der Waals surface area contributed by atoms with Crippen molar-refractivity contribution >= 4 is 32.3 Å². The van der Waals surface area contributed by atoms with E-state index in [0.717, 1.165) is 0 Å². The van der Waals surface area contributed by atoms with Crippen LogP contribution < -0.4 is 0 Å². The van der Waals surface area contributed by atoms with E-state index in [-0.39, 0.29) is 5.41 Å². The summed E-state index contributed by atoms with van der Waals surface area (Å²) in [6, 6.07) is 58.5. The van der Waals surface area contributed by atoms with Crippen LogP contribution in [0.5, 0.6) is 0 Å². The summed E-state index contributed by atoms with van der Waals surface area (Å²) in [5.74, 6) is 0. The summed E-state index contributed by atoms with van der Waals surface area (Å²) < 4.78 is 0. The minimum absolute atomic E-state index is 0.0113. The van der Waals surface area contributed by atoms with E-state index in [1.165, 1.54) is 88.0 Å². The van der Waals surface area contributed by atoms with Crippen molar-refractivity contribution in [1.29, 1.82) is 0 Å². The summed E-state index contributed by atoms with van der Waals surface area (Å²) in [6.45, 7) is 4.70. The first-order valence-electron chi connectivity index (χ1n) is 15.9. The lowest BCUT2D eigenvalue weighted by Gasteiger charge is -2.22. The molecule has 0 bridgehead atoms. The standard InChI is InChI=1S/C45H32/c1-45(2)43-18-10-9-17-40(43)41-24-23-31(28-44(41)45)30-21-19-29-20-22-33(26-34(29)25-30)36-13-5-6-15-38(36)42-27-32-11-3-4-12-35(32)37-14-7-8-16-39(37)42/h3-28H,1-2H3. The largest absolute Gasteiger partial charge is 0.0619 e. The van der Waals surface area contributed by atoms with E-state index >= 15 is 0 Å². The van der Waals surface area contributed by atoms with Crippen molar-refractivity contribution in [1.82, 2.24) is 0 Å². The maximum absolute atomic E-state index is 2.42. The van der Waals surface area contributed by atoms with Crippen LogP contribution in [0, 0.1) is 0 Å². The monoisotopic (exact) mass is 572 g/mol. The van der Waals surface area contributed by atoms with Crippen LogP contribution in [0.3, 0.4) is 0 Å². The molecule has 0 heteroatoms. The molecule has 0 radical (unpaired) electrons. The summed E-state index contributed by atoms with van der Waals surface area (Å²) in [5, 5.41) is 7.66. The van der Waals surface area contributed by atoms with Gasteiger partial charge in [0.25, 0.3) is 0 Å². The number of hydrogen-bond acceptors (Lipinski definition) is 0. The van der Waals surface area contributed by atoms with Gasteiger partial charge in [0.1, 0.15) is 0 Å². The van der Waals surface area contributed by atoms with Gasteiger partial charge in [-0.2, -0.15) is 0 Å². The molecule has 212 valence electrons. The summed E-state index contributed by atoms with van der Waals surface area (Å²) in [5.41, 5.74) is 13.1. The van der Waals surface area contributed by atoms with Gasteiger partial charge in [-0.3, -0.25) is 0 Å². The van der Waals surface area contributed by atoms with Gasteiger partial charge in [-0.1, -0.05) is 147 Å². The lowest BCUT2D eigenvalue weighted by molar-refractivity contribution is 0.660. The average molecular weight is 573 g/mol. The lowest BCUT2D eigenvalue weighted by Crippen LogP contribution is -2.14. The smallest absolute Gasteiger partial charge is 0.0159 e. The highest BCUT2D eigenvalue weighted by molar-refractivity contribution is 6.15. The number of hydrogen-bond donors (Lipinski definition) is 0. The maximum Gasteiger partial charge on any atom is 0.0159 e. The minimum atomic E-state index is -0.0113. The number of benzene rings is 8. The van der Waals surface area contributed by atoms with Crippen LogP contribution in [0.25, 0.3) is 76.8 Å². The van der Waals surface area contributed by atoms with Crippen molar-refractivity contribution in [2.45, 2.75) is 19.3 Å². The molecule has 0 atom stereocenters. The van der Waals surface area contributed by atoms with Gasteiger partial charge in [-0.25, -0.2) is 0 Å². The Bertz CT molecular complexity index is 2460. The van der Waals surface area contributed by atoms with Crippen molar-refractivity contribution in [3.05, 3.63) is 169 Å². The molecule has 0 fully saturated rings. The molecule has 8 aromatic carbocycles. The molecule has 0 spiro atoms. The van der Waals surface area contributed by atoms with Gasteiger partial charge in [-0.05, 0) is 112 Å². The van der Waals surface area contributed by atoms with Crippen LogP contribution in [0.4, 0.5) is 0 Å². The minimum Gasteiger partial charge on any atom is -0.0619 e. The van der Waals surface area contributed by atoms with Crippen LogP contribution in [0.15, 0.2) is 158 Å². The fourth-order valence-corrected chi connectivity index (χ4v) is 7.72. The van der Waals surface area contributed by atoms with Crippen LogP contribution in [-0.4, -0.2) is 0 Å². The molecule has 0 amide bonds. The number of rotatable bonds is 3. The van der Waals surface area contributed by atoms with Gasteiger partial charge < -0.3 is 0 Å². The normalized spacial score (nSPS) is 13.3. The Hall–Kier alpha value is -5.46. The Morgan fingerprint density at radius 2 is 0.889 bits per heavy atom. The molecule has 0 unspecified atom stereocenters. The Morgan fingerprint density at radius 3 is 1.73 bits per heavy atom.